The van der Waals surface area contributed by atoms with Gasteiger partial charge < -0.3 is 10.2 Å². The Bertz CT molecular complexity index is 1560. The summed E-state index contributed by atoms with van der Waals surface area (Å²) in [6, 6.07) is 13.3. The van der Waals surface area contributed by atoms with Crippen LogP contribution in [0, 0.1) is 0 Å². The predicted octanol–water partition coefficient (Wildman–Crippen LogP) is 6.56. The first kappa shape index (κ1) is 37.5. The summed E-state index contributed by atoms with van der Waals surface area (Å²) in [7, 11) is 0. The van der Waals surface area contributed by atoms with Crippen LogP contribution in [-0.2, 0) is 33.4 Å². The van der Waals surface area contributed by atoms with E-state index in [-0.39, 0.29) is 20.7 Å². The van der Waals surface area contributed by atoms with Crippen LogP contribution < -0.4 is 0 Å². The average Bonchev–Trinajstić information content (AvgIpc) is 3.50. The summed E-state index contributed by atoms with van der Waals surface area (Å²) in [5.74, 6) is -8.69. The van der Waals surface area contributed by atoms with Gasteiger partial charge >= 0.3 is 45.7 Å². The number of ketones is 2. The fourth-order valence-corrected chi connectivity index (χ4v) is 3.42. The second-order valence-corrected chi connectivity index (χ2v) is 8.24. The third-order valence-corrected chi connectivity index (χ3v) is 5.23. The van der Waals surface area contributed by atoms with E-state index in [0.717, 1.165) is 17.4 Å². The first-order chi connectivity index (χ1) is 21.1. The SMILES string of the molecule is O=C(c1c(C(F)(F)F)nn(-c2ccccc2)c1O)C(F)(F)F.O=C(c1c(C(F)(F)F)nn(-c2ccccc2)c1O)C(F)(F)F.[O]=[V]. The summed E-state index contributed by atoms with van der Waals surface area (Å²) in [6.07, 6.45) is -21.8. The number of para-hydroxylation sites is 2. The number of Topliss-reactive ketones (excluding diaryl/α,β-unsaturated/α-hetero) is 2. The van der Waals surface area contributed by atoms with Crippen molar-refractivity contribution < 1.29 is 93.5 Å². The molecule has 0 saturated carbocycles. The summed E-state index contributed by atoms with van der Waals surface area (Å²) < 4.78 is 160. The fourth-order valence-electron chi connectivity index (χ4n) is 3.42. The van der Waals surface area contributed by atoms with E-state index in [1.807, 2.05) is 0 Å². The fraction of sp³-hybridized carbons (Fsp3) is 0.167. The van der Waals surface area contributed by atoms with Crippen molar-refractivity contribution >= 4 is 11.6 Å². The van der Waals surface area contributed by atoms with Crippen LogP contribution in [0.1, 0.15) is 32.1 Å². The third kappa shape index (κ3) is 8.33. The van der Waals surface area contributed by atoms with Crippen molar-refractivity contribution in [3.63, 3.8) is 0 Å². The average molecular weight is 715 g/mol. The topological polar surface area (TPSA) is 127 Å². The molecule has 0 aliphatic heterocycles. The molecule has 9 nitrogen and oxygen atoms in total. The van der Waals surface area contributed by atoms with Crippen molar-refractivity contribution in [1.29, 1.82) is 0 Å². The van der Waals surface area contributed by atoms with Gasteiger partial charge in [-0.2, -0.15) is 72.2 Å². The van der Waals surface area contributed by atoms with Crippen molar-refractivity contribution in [2.45, 2.75) is 24.7 Å². The molecule has 0 amide bonds. The molecule has 0 saturated heterocycles. The number of rotatable bonds is 4. The van der Waals surface area contributed by atoms with Crippen LogP contribution in [0.2, 0.25) is 0 Å². The molecule has 0 aliphatic carbocycles. The molecule has 0 bridgehead atoms. The van der Waals surface area contributed by atoms with Gasteiger partial charge in [0.15, 0.2) is 11.4 Å². The van der Waals surface area contributed by atoms with Gasteiger partial charge in [0.2, 0.25) is 11.8 Å². The van der Waals surface area contributed by atoms with E-state index >= 15 is 0 Å². The van der Waals surface area contributed by atoms with Crippen molar-refractivity contribution in [3.8, 4) is 23.1 Å². The number of hydrogen-bond acceptors (Lipinski definition) is 7. The zero-order chi connectivity index (χ0) is 35.4. The van der Waals surface area contributed by atoms with E-state index in [1.165, 1.54) is 60.7 Å². The first-order valence-electron chi connectivity index (χ1n) is 11.4. The third-order valence-electron chi connectivity index (χ3n) is 5.23. The summed E-state index contributed by atoms with van der Waals surface area (Å²) in [5, 5.41) is 25.1. The standard InChI is InChI=1S/2C12H6F6N2O2.O.V/c2*13-11(14,15)8-7(9(21)12(16,17)18)10(22)20(19-8)6-4-2-1-3-5-6;;/h2*1-5,22H;;. The monoisotopic (exact) mass is 715 g/mol. The van der Waals surface area contributed by atoms with Gasteiger partial charge in [-0.1, -0.05) is 36.4 Å². The number of halogens is 12. The molecule has 4 aromatic rings. The molecule has 2 heterocycles. The molecule has 0 aliphatic rings. The maximum absolute atomic E-state index is 12.8. The molecule has 4 rings (SSSR count). The molecule has 2 aromatic carbocycles. The van der Waals surface area contributed by atoms with Crippen LogP contribution >= 0.6 is 0 Å². The van der Waals surface area contributed by atoms with Crippen LogP contribution in [0.15, 0.2) is 60.7 Å². The van der Waals surface area contributed by atoms with Crippen molar-refractivity contribution in [2.75, 3.05) is 0 Å². The normalized spacial score (nSPS) is 12.0. The number of carbonyl (C=O) groups excluding carboxylic acids is 2. The van der Waals surface area contributed by atoms with E-state index in [4.69, 9.17) is 3.67 Å². The van der Waals surface area contributed by atoms with Gasteiger partial charge in [-0.25, -0.2) is 0 Å². The number of aromatic hydroxyl groups is 2. The second kappa shape index (κ2) is 13.8. The van der Waals surface area contributed by atoms with Gasteiger partial charge in [0, 0.05) is 0 Å². The number of carbonyl (C=O) groups is 2. The van der Waals surface area contributed by atoms with Crippen LogP contribution in [0.25, 0.3) is 11.4 Å². The Labute approximate surface area is 255 Å². The first-order valence-corrected chi connectivity index (χ1v) is 11.9. The molecule has 0 spiro atoms. The minimum atomic E-state index is -5.58. The van der Waals surface area contributed by atoms with Gasteiger partial charge in [-0.05, 0) is 24.3 Å². The molecule has 22 heteroatoms. The Kier molecular flexibility index (Phi) is 11.2. The molecule has 0 radical (unpaired) electrons. The maximum atomic E-state index is 12.8. The van der Waals surface area contributed by atoms with Gasteiger partial charge in [0.25, 0.3) is 11.6 Å². The number of benzene rings is 2. The van der Waals surface area contributed by atoms with Gasteiger partial charge in [-0.15, -0.1) is 0 Å². The van der Waals surface area contributed by atoms with Crippen LogP contribution in [0.5, 0.6) is 11.8 Å². The van der Waals surface area contributed by atoms with Crippen molar-refractivity contribution in [2.24, 2.45) is 0 Å². The van der Waals surface area contributed by atoms with Crippen LogP contribution in [-0.4, -0.2) is 53.7 Å². The number of aromatic nitrogens is 4. The van der Waals surface area contributed by atoms with Gasteiger partial charge in [-0.3, -0.25) is 9.59 Å². The predicted molar refractivity (Wildman–Crippen MR) is 122 cm³/mol. The van der Waals surface area contributed by atoms with Gasteiger partial charge in [0.1, 0.15) is 11.1 Å². The number of hydrogen-bond donors (Lipinski definition) is 2. The summed E-state index contributed by atoms with van der Waals surface area (Å²) in [4.78, 5) is 22.3. The summed E-state index contributed by atoms with van der Waals surface area (Å²) in [6.45, 7) is 0. The van der Waals surface area contributed by atoms with E-state index in [9.17, 15) is 72.5 Å². The zero-order valence-corrected chi connectivity index (χ0v) is 23.1. The number of alkyl halides is 12. The number of nitrogens with zero attached hydrogens (tertiary/aromatic N) is 4. The molecular formula is C24H12F12N4O5V. The second-order valence-electron chi connectivity index (χ2n) is 8.24. The molecule has 2 aromatic heterocycles. The van der Waals surface area contributed by atoms with E-state index in [0.29, 0.717) is 0 Å². The zero-order valence-electron chi connectivity index (χ0n) is 21.7. The molecule has 0 atom stereocenters. The Balaban J connectivity index is 0.000000304. The van der Waals surface area contributed by atoms with E-state index < -0.39 is 70.5 Å². The summed E-state index contributed by atoms with van der Waals surface area (Å²) >= 11 is 1.06. The van der Waals surface area contributed by atoms with Gasteiger partial charge in [0.05, 0.1) is 11.4 Å². The van der Waals surface area contributed by atoms with Crippen molar-refractivity contribution in [1.82, 2.24) is 19.6 Å². The van der Waals surface area contributed by atoms with E-state index in [2.05, 4.69) is 10.2 Å². The van der Waals surface area contributed by atoms with Crippen LogP contribution in [0.3, 0.4) is 0 Å². The Morgan fingerprint density at radius 3 is 1.02 bits per heavy atom. The van der Waals surface area contributed by atoms with E-state index in [1.54, 1.807) is 0 Å². The summed E-state index contributed by atoms with van der Waals surface area (Å²) in [5.41, 5.74) is -8.32. The molecule has 247 valence electrons. The van der Waals surface area contributed by atoms with Crippen molar-refractivity contribution in [3.05, 3.63) is 83.2 Å². The van der Waals surface area contributed by atoms with Crippen LogP contribution in [0.4, 0.5) is 52.7 Å². The molecule has 0 fully saturated rings. The molecular weight excluding hydrogens is 703 g/mol. The Morgan fingerprint density at radius 2 is 0.804 bits per heavy atom. The quantitative estimate of drug-likeness (QED) is 0.181. The molecule has 2 N–H and O–H groups in total. The Morgan fingerprint density at radius 1 is 0.543 bits per heavy atom. The molecule has 46 heavy (non-hydrogen) atoms. The molecule has 0 unspecified atom stereocenters. The minimum absolute atomic E-state index is 0.133. The Hall–Kier alpha value is -4.66.